The second-order valence-corrected chi connectivity index (χ2v) is 11.0. The Balaban J connectivity index is 1.28. The third-order valence-electron chi connectivity index (χ3n) is 7.85. The predicted octanol–water partition coefficient (Wildman–Crippen LogP) is 4.25. The van der Waals surface area contributed by atoms with E-state index in [9.17, 15) is 9.59 Å². The van der Waals surface area contributed by atoms with Crippen molar-refractivity contribution in [2.75, 3.05) is 32.7 Å². The first-order valence-corrected chi connectivity index (χ1v) is 13.3. The molecule has 2 aliphatic heterocycles. The molecule has 5 rings (SSSR count). The minimum atomic E-state index is 0.0906. The number of amides is 2. The monoisotopic (exact) mass is 465 g/mol. The summed E-state index contributed by atoms with van der Waals surface area (Å²) in [5.41, 5.74) is 3.92. The van der Waals surface area contributed by atoms with Crippen LogP contribution in [0.3, 0.4) is 0 Å². The fourth-order valence-electron chi connectivity index (χ4n) is 5.99. The van der Waals surface area contributed by atoms with Crippen LogP contribution in [0.15, 0.2) is 35.7 Å². The number of nitrogens with zero attached hydrogens (tertiary/aromatic N) is 3. The van der Waals surface area contributed by atoms with Crippen molar-refractivity contribution in [3.05, 3.63) is 57.3 Å². The van der Waals surface area contributed by atoms with Gasteiger partial charge < -0.3 is 9.80 Å². The zero-order valence-electron chi connectivity index (χ0n) is 19.8. The molecule has 0 bridgehead atoms. The maximum absolute atomic E-state index is 13.4. The highest BCUT2D eigenvalue weighted by atomic mass is 32.1. The molecule has 0 radical (unpaired) electrons. The lowest BCUT2D eigenvalue weighted by molar-refractivity contribution is -0.145. The third-order valence-corrected chi connectivity index (χ3v) is 8.85. The molecule has 1 aliphatic carbocycles. The summed E-state index contributed by atoms with van der Waals surface area (Å²) in [6.07, 6.45) is 5.41. The second-order valence-electron chi connectivity index (χ2n) is 9.98. The van der Waals surface area contributed by atoms with Crippen LogP contribution in [-0.4, -0.2) is 65.3 Å². The van der Waals surface area contributed by atoms with Crippen molar-refractivity contribution in [1.82, 2.24) is 14.7 Å². The quantitative estimate of drug-likeness (QED) is 0.678. The van der Waals surface area contributed by atoms with Crippen molar-refractivity contribution in [3.63, 3.8) is 0 Å². The molecule has 2 amide bonds. The summed E-state index contributed by atoms with van der Waals surface area (Å²) < 4.78 is 0. The van der Waals surface area contributed by atoms with E-state index in [0.29, 0.717) is 32.1 Å². The van der Waals surface area contributed by atoms with Gasteiger partial charge in [0.25, 0.3) is 0 Å². The Morgan fingerprint density at radius 1 is 1.03 bits per heavy atom. The number of benzene rings is 1. The topological polar surface area (TPSA) is 43.9 Å². The van der Waals surface area contributed by atoms with Crippen molar-refractivity contribution >= 4 is 23.2 Å². The predicted molar refractivity (Wildman–Crippen MR) is 132 cm³/mol. The molecule has 2 atom stereocenters. The van der Waals surface area contributed by atoms with Crippen LogP contribution in [0.1, 0.15) is 60.2 Å². The van der Waals surface area contributed by atoms with Gasteiger partial charge in [0.2, 0.25) is 11.8 Å². The minimum absolute atomic E-state index is 0.0906. The molecule has 3 aliphatic rings. The first-order valence-electron chi connectivity index (χ1n) is 12.5. The Kier molecular flexibility index (Phi) is 6.57. The fraction of sp³-hybridized carbons (Fsp3) is 0.556. The molecule has 0 N–H and O–H groups in total. The number of carbonyl (C=O) groups is 2. The van der Waals surface area contributed by atoms with Crippen molar-refractivity contribution in [2.24, 2.45) is 5.92 Å². The summed E-state index contributed by atoms with van der Waals surface area (Å²) in [4.78, 5) is 34.2. The molecule has 0 spiro atoms. The van der Waals surface area contributed by atoms with Gasteiger partial charge in [-0.15, -0.1) is 11.3 Å². The van der Waals surface area contributed by atoms with Crippen molar-refractivity contribution < 1.29 is 9.59 Å². The van der Waals surface area contributed by atoms with Crippen LogP contribution in [0.25, 0.3) is 0 Å². The van der Waals surface area contributed by atoms with Crippen LogP contribution in [0, 0.1) is 12.8 Å². The van der Waals surface area contributed by atoms with Gasteiger partial charge in [-0.2, -0.15) is 0 Å². The molecule has 176 valence electrons. The van der Waals surface area contributed by atoms with Gasteiger partial charge in [-0.05, 0) is 61.2 Å². The lowest BCUT2D eigenvalue weighted by Crippen LogP contribution is -2.58. The van der Waals surface area contributed by atoms with Crippen LogP contribution in [0.4, 0.5) is 0 Å². The first-order chi connectivity index (χ1) is 16.0. The van der Waals surface area contributed by atoms with Crippen LogP contribution in [0.2, 0.25) is 0 Å². The molecule has 5 nitrogen and oxygen atoms in total. The number of thiophene rings is 1. The highest BCUT2D eigenvalue weighted by Gasteiger charge is 2.36. The maximum Gasteiger partial charge on any atom is 0.236 e. The van der Waals surface area contributed by atoms with Crippen LogP contribution in [-0.2, 0) is 16.0 Å². The van der Waals surface area contributed by atoms with E-state index < -0.39 is 0 Å². The standard InChI is InChI=1S/C27H35N3O2S/c1-19-7-3-6-10-22(19)26-23-12-16-33-24(23)11-13-29(26)18-25(31)28-14-15-30(20(2)17-28)27(32)21-8-4-5-9-21/h3,6-7,10,12,16,20-21,26H,4-5,8-9,11,13-15,17-18H2,1-2H3/t20-,26+/m1/s1. The number of aryl methyl sites for hydroxylation is 1. The lowest BCUT2D eigenvalue weighted by Gasteiger charge is -2.42. The van der Waals surface area contributed by atoms with Gasteiger partial charge in [0, 0.05) is 43.0 Å². The van der Waals surface area contributed by atoms with Crippen molar-refractivity contribution in [2.45, 2.75) is 58.0 Å². The van der Waals surface area contributed by atoms with E-state index in [-0.39, 0.29) is 23.9 Å². The average Bonchev–Trinajstić information content (AvgIpc) is 3.51. The van der Waals surface area contributed by atoms with Gasteiger partial charge in [-0.3, -0.25) is 14.5 Å². The largest absolute Gasteiger partial charge is 0.338 e. The maximum atomic E-state index is 13.4. The molecule has 1 aromatic carbocycles. The fourth-order valence-corrected chi connectivity index (χ4v) is 6.89. The van der Waals surface area contributed by atoms with E-state index in [1.165, 1.54) is 34.4 Å². The number of hydrogen-bond acceptors (Lipinski definition) is 4. The summed E-state index contributed by atoms with van der Waals surface area (Å²) in [6.45, 7) is 7.54. The lowest BCUT2D eigenvalue weighted by atomic mass is 9.90. The molecular weight excluding hydrogens is 430 g/mol. The normalized spacial score (nSPS) is 24.2. The van der Waals surface area contributed by atoms with Gasteiger partial charge in [0.1, 0.15) is 0 Å². The molecule has 1 aromatic heterocycles. The van der Waals surface area contributed by atoms with E-state index in [1.807, 2.05) is 21.1 Å². The minimum Gasteiger partial charge on any atom is -0.338 e. The van der Waals surface area contributed by atoms with Gasteiger partial charge in [-0.1, -0.05) is 37.1 Å². The number of carbonyl (C=O) groups excluding carboxylic acids is 2. The van der Waals surface area contributed by atoms with Crippen molar-refractivity contribution in [3.8, 4) is 0 Å². The zero-order chi connectivity index (χ0) is 22.9. The summed E-state index contributed by atoms with van der Waals surface area (Å²) in [5, 5.41) is 2.18. The highest BCUT2D eigenvalue weighted by molar-refractivity contribution is 7.10. The van der Waals surface area contributed by atoms with E-state index in [0.717, 1.165) is 25.8 Å². The molecule has 33 heavy (non-hydrogen) atoms. The van der Waals surface area contributed by atoms with Crippen LogP contribution < -0.4 is 0 Å². The molecule has 1 saturated carbocycles. The molecule has 2 aromatic rings. The Hall–Kier alpha value is -2.18. The van der Waals surface area contributed by atoms with Gasteiger partial charge in [-0.25, -0.2) is 0 Å². The first kappa shape index (κ1) is 22.6. The summed E-state index contributed by atoms with van der Waals surface area (Å²) in [6, 6.07) is 11.0. The van der Waals surface area contributed by atoms with E-state index in [4.69, 9.17) is 0 Å². The number of rotatable bonds is 4. The highest BCUT2D eigenvalue weighted by Crippen LogP contribution is 2.38. The Morgan fingerprint density at radius 2 is 1.82 bits per heavy atom. The number of piperazine rings is 1. The van der Waals surface area contributed by atoms with Crippen molar-refractivity contribution in [1.29, 1.82) is 0 Å². The van der Waals surface area contributed by atoms with E-state index in [1.54, 1.807) is 0 Å². The molecule has 1 saturated heterocycles. The molecule has 2 fully saturated rings. The van der Waals surface area contributed by atoms with E-state index in [2.05, 4.69) is 54.5 Å². The Labute approximate surface area is 201 Å². The summed E-state index contributed by atoms with van der Waals surface area (Å²) in [7, 11) is 0. The Bertz CT molecular complexity index is 1010. The van der Waals surface area contributed by atoms with Gasteiger partial charge in [0.05, 0.1) is 12.6 Å². The number of hydrogen-bond donors (Lipinski definition) is 0. The molecule has 6 heteroatoms. The molecule has 3 heterocycles. The third kappa shape index (κ3) is 4.47. The second kappa shape index (κ2) is 9.59. The SMILES string of the molecule is Cc1ccccc1[C@H]1c2ccsc2CCN1CC(=O)N1CCN(C(=O)C2CCCC2)[C@H](C)C1. The van der Waals surface area contributed by atoms with Gasteiger partial charge >= 0.3 is 0 Å². The zero-order valence-corrected chi connectivity index (χ0v) is 20.7. The summed E-state index contributed by atoms with van der Waals surface area (Å²) in [5.74, 6) is 0.706. The summed E-state index contributed by atoms with van der Waals surface area (Å²) >= 11 is 1.83. The van der Waals surface area contributed by atoms with Crippen LogP contribution >= 0.6 is 11.3 Å². The Morgan fingerprint density at radius 3 is 2.58 bits per heavy atom. The average molecular weight is 466 g/mol. The molecule has 0 unspecified atom stereocenters. The van der Waals surface area contributed by atoms with E-state index >= 15 is 0 Å². The van der Waals surface area contributed by atoms with Gasteiger partial charge in [0.15, 0.2) is 0 Å². The number of fused-ring (bicyclic) bond motifs is 1. The molecular formula is C27H35N3O2S. The van der Waals surface area contributed by atoms with Crippen LogP contribution in [0.5, 0.6) is 0 Å². The smallest absolute Gasteiger partial charge is 0.236 e.